The van der Waals surface area contributed by atoms with Gasteiger partial charge >= 0.3 is 0 Å². The van der Waals surface area contributed by atoms with Crippen molar-refractivity contribution in [3.63, 3.8) is 0 Å². The predicted octanol–water partition coefficient (Wildman–Crippen LogP) is 5.07. The van der Waals surface area contributed by atoms with Crippen LogP contribution in [0.1, 0.15) is 75.5 Å². The Morgan fingerprint density at radius 3 is 2.67 bits per heavy atom. The van der Waals surface area contributed by atoms with Crippen LogP contribution in [-0.2, 0) is 5.41 Å². The van der Waals surface area contributed by atoms with Crippen LogP contribution in [-0.4, -0.2) is 22.0 Å². The highest BCUT2D eigenvalue weighted by Crippen LogP contribution is 2.35. The van der Waals surface area contributed by atoms with Gasteiger partial charge in [-0.3, -0.25) is 0 Å². The van der Waals surface area contributed by atoms with Gasteiger partial charge in [-0.05, 0) is 32.4 Å². The first-order chi connectivity index (χ1) is 9.82. The third-order valence-corrected chi connectivity index (χ3v) is 7.26. The molecule has 0 amide bonds. The van der Waals surface area contributed by atoms with Gasteiger partial charge in [-0.1, -0.05) is 34.1 Å². The van der Waals surface area contributed by atoms with E-state index >= 15 is 0 Å². The van der Waals surface area contributed by atoms with Crippen LogP contribution in [0.5, 0.6) is 0 Å². The molecule has 0 radical (unpaired) electrons. The maximum Gasteiger partial charge on any atom is 0.0985 e. The number of thiazole rings is 1. The van der Waals surface area contributed by atoms with Crippen LogP contribution >= 0.6 is 23.1 Å². The van der Waals surface area contributed by atoms with Gasteiger partial charge in [0.25, 0.3) is 0 Å². The van der Waals surface area contributed by atoms with Crippen molar-refractivity contribution in [3.05, 3.63) is 15.6 Å². The van der Waals surface area contributed by atoms with Crippen LogP contribution in [0.15, 0.2) is 0 Å². The van der Waals surface area contributed by atoms with Crippen LogP contribution in [0.2, 0.25) is 0 Å². The first-order valence-electron chi connectivity index (χ1n) is 8.18. The molecular weight excluding hydrogens is 296 g/mol. The Morgan fingerprint density at radius 1 is 1.38 bits per heavy atom. The second-order valence-electron chi connectivity index (χ2n) is 7.14. The minimum absolute atomic E-state index is 0.154. The normalized spacial score (nSPS) is 24.5. The summed E-state index contributed by atoms with van der Waals surface area (Å²) in [6, 6.07) is 1.09. The molecule has 3 atom stereocenters. The van der Waals surface area contributed by atoms with Crippen molar-refractivity contribution in [3.8, 4) is 0 Å². The van der Waals surface area contributed by atoms with Crippen molar-refractivity contribution in [2.45, 2.75) is 83.6 Å². The third-order valence-electron chi connectivity index (χ3n) is 4.16. The van der Waals surface area contributed by atoms with E-state index in [4.69, 9.17) is 4.98 Å². The van der Waals surface area contributed by atoms with Crippen molar-refractivity contribution in [1.29, 1.82) is 0 Å². The molecule has 3 unspecified atom stereocenters. The molecule has 4 heteroatoms. The fourth-order valence-corrected chi connectivity index (χ4v) is 5.40. The summed E-state index contributed by atoms with van der Waals surface area (Å²) in [4.78, 5) is 6.23. The minimum atomic E-state index is 0.154. The average molecular weight is 327 g/mol. The first-order valence-corrected chi connectivity index (χ1v) is 10.0. The summed E-state index contributed by atoms with van der Waals surface area (Å²) in [5, 5.41) is 5.94. The Hall–Kier alpha value is -0.0600. The van der Waals surface area contributed by atoms with E-state index in [9.17, 15) is 0 Å². The molecule has 0 spiro atoms. The Morgan fingerprint density at radius 2 is 2.10 bits per heavy atom. The van der Waals surface area contributed by atoms with Gasteiger partial charge in [0.05, 0.1) is 10.7 Å². The van der Waals surface area contributed by atoms with E-state index in [1.54, 1.807) is 0 Å². The predicted molar refractivity (Wildman–Crippen MR) is 96.7 cm³/mol. The van der Waals surface area contributed by atoms with E-state index in [2.05, 4.69) is 58.6 Å². The molecule has 0 aromatic carbocycles. The Balaban J connectivity index is 2.06. The summed E-state index contributed by atoms with van der Waals surface area (Å²) in [7, 11) is 0. The molecule has 2 rings (SSSR count). The van der Waals surface area contributed by atoms with Crippen LogP contribution in [0.4, 0.5) is 0 Å². The quantitative estimate of drug-likeness (QED) is 0.817. The molecular formula is C17H30N2S2. The van der Waals surface area contributed by atoms with E-state index in [1.165, 1.54) is 40.6 Å². The summed E-state index contributed by atoms with van der Waals surface area (Å²) in [6.45, 7) is 13.5. The van der Waals surface area contributed by atoms with E-state index in [-0.39, 0.29) is 5.41 Å². The van der Waals surface area contributed by atoms with Crippen LogP contribution in [0.3, 0.4) is 0 Å². The highest BCUT2D eigenvalue weighted by Gasteiger charge is 2.30. The molecule has 1 aromatic heterocycles. The molecule has 1 saturated carbocycles. The van der Waals surface area contributed by atoms with E-state index in [0.717, 1.165) is 5.25 Å². The molecule has 0 bridgehead atoms. The second kappa shape index (κ2) is 7.01. The molecule has 1 N–H and O–H groups in total. The Bertz CT molecular complexity index is 462. The fourth-order valence-electron chi connectivity index (χ4n) is 3.06. The molecule has 0 aliphatic heterocycles. The smallest absolute Gasteiger partial charge is 0.0985 e. The van der Waals surface area contributed by atoms with Gasteiger partial charge in [0.15, 0.2) is 0 Å². The Kier molecular flexibility index (Phi) is 5.77. The number of thioether (sulfide) groups is 1. The van der Waals surface area contributed by atoms with Gasteiger partial charge in [0.2, 0.25) is 0 Å². The zero-order chi connectivity index (χ0) is 15.6. The molecule has 1 aliphatic carbocycles. The molecule has 120 valence electrons. The summed E-state index contributed by atoms with van der Waals surface area (Å²) >= 11 is 4.02. The summed E-state index contributed by atoms with van der Waals surface area (Å²) in [6.07, 6.45) is 4.07. The van der Waals surface area contributed by atoms with Crippen LogP contribution in [0, 0.1) is 6.92 Å². The van der Waals surface area contributed by atoms with Gasteiger partial charge in [-0.15, -0.1) is 11.3 Å². The molecule has 21 heavy (non-hydrogen) atoms. The summed E-state index contributed by atoms with van der Waals surface area (Å²) in [5.41, 5.74) is 1.36. The lowest BCUT2D eigenvalue weighted by Crippen LogP contribution is -2.36. The lowest BCUT2D eigenvalue weighted by atomic mass is 9.98. The molecule has 2 nitrogen and oxygen atoms in total. The van der Waals surface area contributed by atoms with Gasteiger partial charge < -0.3 is 5.32 Å². The van der Waals surface area contributed by atoms with E-state index in [0.29, 0.717) is 12.1 Å². The number of hydrogen-bond acceptors (Lipinski definition) is 4. The van der Waals surface area contributed by atoms with Crippen molar-refractivity contribution in [1.82, 2.24) is 10.3 Å². The monoisotopic (exact) mass is 326 g/mol. The minimum Gasteiger partial charge on any atom is -0.306 e. The largest absolute Gasteiger partial charge is 0.306 e. The van der Waals surface area contributed by atoms with Crippen molar-refractivity contribution < 1.29 is 0 Å². The summed E-state index contributed by atoms with van der Waals surface area (Å²) in [5.74, 6) is 1.23. The van der Waals surface area contributed by atoms with E-state index < -0.39 is 0 Å². The number of rotatable bonds is 5. The maximum atomic E-state index is 4.81. The van der Waals surface area contributed by atoms with E-state index in [1.807, 2.05) is 11.3 Å². The molecule has 1 aliphatic rings. The number of nitrogens with zero attached hydrogens (tertiary/aromatic N) is 1. The van der Waals surface area contributed by atoms with Crippen LogP contribution in [0.25, 0.3) is 0 Å². The third kappa shape index (κ3) is 4.23. The fraction of sp³-hybridized carbons (Fsp3) is 0.824. The number of nitrogens with one attached hydrogen (secondary N) is 1. The number of aryl methyl sites for hydroxylation is 1. The second-order valence-corrected chi connectivity index (χ2v) is 9.69. The molecule has 1 heterocycles. The lowest BCUT2D eigenvalue weighted by molar-refractivity contribution is 0.470. The van der Waals surface area contributed by atoms with Gasteiger partial charge in [-0.25, -0.2) is 4.98 Å². The van der Waals surface area contributed by atoms with Gasteiger partial charge in [-0.2, -0.15) is 11.8 Å². The highest BCUT2D eigenvalue weighted by molar-refractivity contribution is 7.99. The zero-order valence-electron chi connectivity index (χ0n) is 14.3. The zero-order valence-corrected chi connectivity index (χ0v) is 16.0. The highest BCUT2D eigenvalue weighted by atomic mass is 32.2. The molecule has 1 fully saturated rings. The standard InChI is InChI=1S/C17H30N2S2/c1-7-20-14-10-8-9-13(14)18-11(2)15-12(3)19-16(21-15)17(4,5)6/h11,13-14,18H,7-10H2,1-6H3. The van der Waals surface area contributed by atoms with Crippen molar-refractivity contribution in [2.75, 3.05) is 5.75 Å². The molecule has 1 aromatic rings. The first kappa shape index (κ1) is 17.3. The lowest BCUT2D eigenvalue weighted by Gasteiger charge is -2.24. The van der Waals surface area contributed by atoms with Crippen molar-refractivity contribution >= 4 is 23.1 Å². The topological polar surface area (TPSA) is 24.9 Å². The van der Waals surface area contributed by atoms with Crippen molar-refractivity contribution in [2.24, 2.45) is 0 Å². The SMILES string of the molecule is CCSC1CCCC1NC(C)c1sc(C(C)(C)C)nc1C. The van der Waals surface area contributed by atoms with Gasteiger partial charge in [0, 0.05) is 27.6 Å². The number of aromatic nitrogens is 1. The summed E-state index contributed by atoms with van der Waals surface area (Å²) < 4.78 is 0. The maximum absolute atomic E-state index is 4.81. The average Bonchev–Trinajstić information content (AvgIpc) is 2.96. The van der Waals surface area contributed by atoms with Crippen LogP contribution < -0.4 is 5.32 Å². The van der Waals surface area contributed by atoms with Gasteiger partial charge in [0.1, 0.15) is 0 Å². The Labute approximate surface area is 138 Å². The number of hydrogen-bond donors (Lipinski definition) is 1. The molecule has 0 saturated heterocycles.